The van der Waals surface area contributed by atoms with E-state index in [1.807, 2.05) is 12.2 Å². The Hall–Kier alpha value is -1.24. The van der Waals surface area contributed by atoms with Gasteiger partial charge in [-0.25, -0.2) is 10.0 Å². The van der Waals surface area contributed by atoms with Crippen molar-refractivity contribution >= 4 is 11.8 Å². The van der Waals surface area contributed by atoms with Crippen molar-refractivity contribution in [3.05, 3.63) is 12.2 Å². The van der Waals surface area contributed by atoms with Gasteiger partial charge < -0.3 is 5.11 Å². The minimum absolute atomic E-state index is 0.135. The lowest BCUT2D eigenvalue weighted by atomic mass is 9.86. The Morgan fingerprint density at radius 1 is 1.08 bits per heavy atom. The molecule has 4 unspecified atom stereocenters. The van der Waals surface area contributed by atoms with Crippen LogP contribution in [0.2, 0.25) is 0 Å². The average molecular weight is 349 g/mol. The van der Waals surface area contributed by atoms with Crippen molar-refractivity contribution in [2.24, 2.45) is 11.8 Å². The summed E-state index contributed by atoms with van der Waals surface area (Å²) >= 11 is 0. The lowest BCUT2D eigenvalue weighted by Crippen LogP contribution is -2.63. The number of hydrogen-bond donors (Lipinski definition) is 1. The van der Waals surface area contributed by atoms with E-state index in [2.05, 4.69) is 23.9 Å². The fourth-order valence-corrected chi connectivity index (χ4v) is 4.59. The van der Waals surface area contributed by atoms with Gasteiger partial charge in [0.15, 0.2) is 0 Å². The summed E-state index contributed by atoms with van der Waals surface area (Å²) in [6, 6.07) is -0.748. The first-order chi connectivity index (χ1) is 12.0. The van der Waals surface area contributed by atoms with Crippen molar-refractivity contribution in [2.75, 3.05) is 20.1 Å². The molecule has 1 N–H and O–H groups in total. The highest BCUT2D eigenvalue weighted by molar-refractivity contribution is 6.07. The average Bonchev–Trinajstić information content (AvgIpc) is 2.87. The molecule has 0 aliphatic carbocycles. The minimum atomic E-state index is -0.539. The Balaban J connectivity index is 1.96. The maximum Gasteiger partial charge on any atom is 0.248 e. The molecule has 6 nitrogen and oxygen atoms in total. The number of likely N-dealkylation sites (N-methyl/N-ethyl adjacent to an activating group) is 1. The molecular formula is C19H31N3O3. The molecule has 3 rings (SSSR count). The maximum absolute atomic E-state index is 12.8. The molecule has 3 aliphatic heterocycles. The zero-order valence-corrected chi connectivity index (χ0v) is 15.6. The molecule has 2 saturated heterocycles. The normalized spacial score (nSPS) is 32.5. The minimum Gasteiger partial charge on any atom is -0.391 e. The Labute approximate surface area is 150 Å². The predicted molar refractivity (Wildman–Crippen MR) is 95.3 cm³/mol. The third-order valence-corrected chi connectivity index (χ3v) is 6.19. The molecular weight excluding hydrogens is 318 g/mol. The van der Waals surface area contributed by atoms with E-state index >= 15 is 0 Å². The molecule has 0 aromatic carbocycles. The molecule has 0 bridgehead atoms. The summed E-state index contributed by atoms with van der Waals surface area (Å²) in [4.78, 5) is 26.5. The molecule has 0 saturated carbocycles. The maximum atomic E-state index is 12.8. The summed E-state index contributed by atoms with van der Waals surface area (Å²) in [5.41, 5.74) is 0. The van der Waals surface area contributed by atoms with Crippen molar-refractivity contribution in [1.29, 1.82) is 0 Å². The van der Waals surface area contributed by atoms with Crippen LogP contribution in [0.1, 0.15) is 46.0 Å². The molecule has 140 valence electrons. The van der Waals surface area contributed by atoms with Gasteiger partial charge in [-0.1, -0.05) is 45.3 Å². The van der Waals surface area contributed by atoms with Gasteiger partial charge in [0.2, 0.25) is 11.8 Å². The third kappa shape index (κ3) is 3.15. The fraction of sp³-hybridized carbons (Fsp3) is 0.789. The molecule has 2 amide bonds. The van der Waals surface area contributed by atoms with Crippen LogP contribution in [-0.2, 0) is 9.59 Å². The summed E-state index contributed by atoms with van der Waals surface area (Å²) in [5, 5.41) is 15.3. The van der Waals surface area contributed by atoms with Crippen LogP contribution >= 0.6 is 0 Å². The van der Waals surface area contributed by atoms with Crippen molar-refractivity contribution < 1.29 is 14.7 Å². The van der Waals surface area contributed by atoms with E-state index in [0.29, 0.717) is 0 Å². The molecule has 0 radical (unpaired) electrons. The summed E-state index contributed by atoms with van der Waals surface area (Å²) in [7, 11) is 1.57. The second kappa shape index (κ2) is 7.56. The first-order valence-electron chi connectivity index (χ1n) is 9.72. The molecule has 0 spiro atoms. The summed E-state index contributed by atoms with van der Waals surface area (Å²) in [6.07, 6.45) is 8.44. The number of rotatable bonds is 5. The fourth-order valence-electron chi connectivity index (χ4n) is 4.59. The van der Waals surface area contributed by atoms with E-state index < -0.39 is 18.1 Å². The SMILES string of the molecule is CCC(CC)C(O)C1C=CC2C(=O)N(C)C(=O)C2N1N1CCCCC1. The van der Waals surface area contributed by atoms with Crippen LogP contribution in [0.15, 0.2) is 12.2 Å². The van der Waals surface area contributed by atoms with E-state index in [1.54, 1.807) is 7.05 Å². The highest BCUT2D eigenvalue weighted by Gasteiger charge is 2.53. The Morgan fingerprint density at radius 2 is 1.72 bits per heavy atom. The zero-order valence-electron chi connectivity index (χ0n) is 15.6. The lowest BCUT2D eigenvalue weighted by molar-refractivity contribution is -0.158. The van der Waals surface area contributed by atoms with Crippen LogP contribution in [0, 0.1) is 11.8 Å². The van der Waals surface area contributed by atoms with Crippen LogP contribution < -0.4 is 0 Å². The lowest BCUT2D eigenvalue weighted by Gasteiger charge is -2.48. The van der Waals surface area contributed by atoms with Crippen LogP contribution in [0.3, 0.4) is 0 Å². The van der Waals surface area contributed by atoms with Gasteiger partial charge in [0.1, 0.15) is 6.04 Å². The number of fused-ring (bicyclic) bond motifs is 1. The second-order valence-corrected chi connectivity index (χ2v) is 7.54. The molecule has 6 heteroatoms. The van der Waals surface area contributed by atoms with Gasteiger partial charge in [-0.2, -0.15) is 0 Å². The van der Waals surface area contributed by atoms with E-state index in [4.69, 9.17) is 0 Å². The number of likely N-dealkylation sites (tertiary alicyclic amines) is 1. The van der Waals surface area contributed by atoms with E-state index in [-0.39, 0.29) is 23.8 Å². The van der Waals surface area contributed by atoms with Gasteiger partial charge >= 0.3 is 0 Å². The van der Waals surface area contributed by atoms with Crippen molar-refractivity contribution in [1.82, 2.24) is 14.9 Å². The number of carbonyl (C=O) groups is 2. The Kier molecular flexibility index (Phi) is 5.61. The van der Waals surface area contributed by atoms with Crippen molar-refractivity contribution in [3.63, 3.8) is 0 Å². The summed E-state index contributed by atoms with van der Waals surface area (Å²) in [6.45, 7) is 5.95. The highest BCUT2D eigenvalue weighted by Crippen LogP contribution is 2.36. The van der Waals surface area contributed by atoms with Gasteiger partial charge in [-0.05, 0) is 18.8 Å². The molecule has 4 atom stereocenters. The van der Waals surface area contributed by atoms with E-state index in [0.717, 1.165) is 38.8 Å². The number of aliphatic hydroxyl groups is 1. The van der Waals surface area contributed by atoms with Crippen LogP contribution in [-0.4, -0.2) is 70.2 Å². The molecule has 2 fully saturated rings. The van der Waals surface area contributed by atoms with Crippen molar-refractivity contribution in [2.45, 2.75) is 64.1 Å². The monoisotopic (exact) mass is 349 g/mol. The summed E-state index contributed by atoms with van der Waals surface area (Å²) in [5.74, 6) is -0.525. The molecule has 0 aromatic heterocycles. The largest absolute Gasteiger partial charge is 0.391 e. The Bertz CT molecular complexity index is 540. The van der Waals surface area contributed by atoms with Crippen LogP contribution in [0.4, 0.5) is 0 Å². The number of piperidine rings is 1. The number of hydrazine groups is 1. The number of aliphatic hydroxyl groups excluding tert-OH is 1. The second-order valence-electron chi connectivity index (χ2n) is 7.54. The quantitative estimate of drug-likeness (QED) is 0.601. The smallest absolute Gasteiger partial charge is 0.248 e. The molecule has 0 aromatic rings. The molecule has 3 heterocycles. The van der Waals surface area contributed by atoms with Crippen LogP contribution in [0.5, 0.6) is 0 Å². The van der Waals surface area contributed by atoms with Gasteiger partial charge in [-0.3, -0.25) is 14.5 Å². The van der Waals surface area contributed by atoms with Gasteiger partial charge in [-0.15, -0.1) is 0 Å². The van der Waals surface area contributed by atoms with E-state index in [1.165, 1.54) is 11.3 Å². The Morgan fingerprint density at radius 3 is 2.32 bits per heavy atom. The van der Waals surface area contributed by atoms with Gasteiger partial charge in [0.25, 0.3) is 0 Å². The number of imide groups is 1. The molecule has 25 heavy (non-hydrogen) atoms. The van der Waals surface area contributed by atoms with E-state index in [9.17, 15) is 14.7 Å². The standard InChI is InChI=1S/C19H31N3O3/c1-4-13(5-2)17(23)15-10-9-14-16(19(25)20(3)18(14)24)22(15)21-11-7-6-8-12-21/h9-10,13-17,23H,4-8,11-12H2,1-3H3. The summed E-state index contributed by atoms with van der Waals surface area (Å²) < 4.78 is 0. The zero-order chi connectivity index (χ0) is 18.1. The first-order valence-corrected chi connectivity index (χ1v) is 9.72. The third-order valence-electron chi connectivity index (χ3n) is 6.19. The van der Waals surface area contributed by atoms with Gasteiger partial charge in [0, 0.05) is 20.1 Å². The number of amides is 2. The first kappa shape index (κ1) is 18.5. The highest BCUT2D eigenvalue weighted by atomic mass is 16.3. The number of carbonyl (C=O) groups excluding carboxylic acids is 2. The van der Waals surface area contributed by atoms with Gasteiger partial charge in [0.05, 0.1) is 18.1 Å². The predicted octanol–water partition coefficient (Wildman–Crippen LogP) is 1.41. The molecule has 3 aliphatic rings. The topological polar surface area (TPSA) is 64.1 Å². The number of nitrogens with zero attached hydrogens (tertiary/aromatic N) is 3. The van der Waals surface area contributed by atoms with Crippen molar-refractivity contribution in [3.8, 4) is 0 Å². The van der Waals surface area contributed by atoms with Crippen LogP contribution in [0.25, 0.3) is 0 Å². The number of hydrogen-bond acceptors (Lipinski definition) is 5.